The van der Waals surface area contributed by atoms with Crippen molar-refractivity contribution in [1.82, 2.24) is 0 Å². The largest absolute Gasteiger partial charge is 0.544 e. The molecule has 0 heterocycles. The quantitative estimate of drug-likeness (QED) is 0.230. The molecular formula is C17H32NO4PS3. The number of hydrogen-bond acceptors (Lipinski definition) is 7. The van der Waals surface area contributed by atoms with Gasteiger partial charge in [-0.15, -0.1) is 6.58 Å². The number of carboxylic acids is 1. The topological polar surface area (TPSA) is 74.3 Å². The minimum Gasteiger partial charge on any atom is -0.544 e. The second kappa shape index (κ2) is 12.6. The van der Waals surface area contributed by atoms with E-state index in [4.69, 9.17) is 0 Å². The maximum absolute atomic E-state index is 13.7. The lowest BCUT2D eigenvalue weighted by molar-refractivity contribution is -0.826. The predicted octanol–water partition coefficient (Wildman–Crippen LogP) is 4.83. The molecule has 0 aromatic heterocycles. The van der Waals surface area contributed by atoms with Gasteiger partial charge in [-0.2, -0.15) is 0 Å². The van der Waals surface area contributed by atoms with Crippen LogP contribution in [0.5, 0.6) is 0 Å². The number of carboxylic acid groups (broad SMARTS) is 1. The van der Waals surface area contributed by atoms with Gasteiger partial charge in [0.05, 0.1) is 12.5 Å². The smallest absolute Gasteiger partial charge is 0.376 e. The summed E-state index contributed by atoms with van der Waals surface area (Å²) in [7, 11) is 0. The average Bonchev–Trinajstić information content (AvgIpc) is 2.47. The lowest BCUT2D eigenvalue weighted by Gasteiger charge is -2.38. The first-order valence-electron chi connectivity index (χ1n) is 8.80. The van der Waals surface area contributed by atoms with Crippen molar-refractivity contribution in [2.24, 2.45) is 0 Å². The third-order valence-corrected chi connectivity index (χ3v) is 13.4. The van der Waals surface area contributed by atoms with Gasteiger partial charge < -0.3 is 9.90 Å². The van der Waals surface area contributed by atoms with Crippen LogP contribution >= 0.6 is 40.1 Å². The number of thioether (sulfide) groups is 1. The highest BCUT2D eigenvalue weighted by molar-refractivity contribution is 8.90. The number of nitrogens with zero attached hydrogens (tertiary/aromatic N) is 1. The highest BCUT2D eigenvalue weighted by Gasteiger charge is 2.44. The van der Waals surface area contributed by atoms with E-state index in [9.17, 15) is 19.3 Å². The number of aliphatic carboxylic acids is 1. The summed E-state index contributed by atoms with van der Waals surface area (Å²) < 4.78 is 13.4. The summed E-state index contributed by atoms with van der Waals surface area (Å²) in [4.78, 5) is 24.4. The number of carbonyl (C=O) groups is 2. The zero-order chi connectivity index (χ0) is 20.4. The van der Waals surface area contributed by atoms with Crippen molar-refractivity contribution >= 4 is 51.3 Å². The summed E-state index contributed by atoms with van der Waals surface area (Å²) in [6.45, 7) is 13.4. The van der Waals surface area contributed by atoms with Gasteiger partial charge in [-0.3, -0.25) is 4.57 Å². The van der Waals surface area contributed by atoms with E-state index in [1.54, 1.807) is 6.08 Å². The molecule has 152 valence electrons. The molecule has 9 heteroatoms. The minimum absolute atomic E-state index is 0.0374. The molecule has 5 nitrogen and oxygen atoms in total. The highest BCUT2D eigenvalue weighted by Crippen LogP contribution is 2.72. The number of rotatable bonds is 13. The fraction of sp³-hybridized carbons (Fsp3) is 0.765. The normalized spacial score (nSPS) is 14.4. The second-order valence-corrected chi connectivity index (χ2v) is 17.0. The van der Waals surface area contributed by atoms with Gasteiger partial charge in [-0.05, 0) is 18.2 Å². The van der Waals surface area contributed by atoms with Crippen molar-refractivity contribution in [3.05, 3.63) is 12.7 Å². The average molecular weight is 442 g/mol. The van der Waals surface area contributed by atoms with Gasteiger partial charge >= 0.3 is 5.24 Å². The maximum Gasteiger partial charge on any atom is 0.376 e. The SMILES string of the molecule is C=CCSC(=O)[N+](CCCC)(CC(=O)[O-])CP(=O)(SC(C)C)SC(C)C. The van der Waals surface area contributed by atoms with Gasteiger partial charge in [0.2, 0.25) is 5.55 Å². The zero-order valence-corrected chi connectivity index (χ0v) is 19.8. The number of carbonyl (C=O) groups excluding carboxylic acids is 2. The summed E-state index contributed by atoms with van der Waals surface area (Å²) in [5.74, 6) is -0.888. The van der Waals surface area contributed by atoms with Gasteiger partial charge in [-0.1, -0.05) is 69.9 Å². The molecule has 0 saturated carbocycles. The summed E-state index contributed by atoms with van der Waals surface area (Å²) in [6.07, 6.45) is 3.16. The van der Waals surface area contributed by atoms with Crippen molar-refractivity contribution < 1.29 is 23.7 Å². The van der Waals surface area contributed by atoms with Crippen molar-refractivity contribution in [1.29, 1.82) is 0 Å². The Kier molecular flexibility index (Phi) is 12.6. The first-order chi connectivity index (χ1) is 12.0. The van der Waals surface area contributed by atoms with E-state index in [-0.39, 0.29) is 26.5 Å². The summed E-state index contributed by atoms with van der Waals surface area (Å²) in [5, 5.41) is 11.5. The molecule has 0 bridgehead atoms. The summed E-state index contributed by atoms with van der Waals surface area (Å²) in [5.41, 5.74) is -2.88. The molecule has 0 aromatic carbocycles. The predicted molar refractivity (Wildman–Crippen MR) is 116 cm³/mol. The van der Waals surface area contributed by atoms with Crippen LogP contribution in [0.2, 0.25) is 0 Å². The van der Waals surface area contributed by atoms with Crippen molar-refractivity contribution in [3.63, 3.8) is 0 Å². The molecule has 0 radical (unpaired) electrons. The van der Waals surface area contributed by atoms with Crippen LogP contribution < -0.4 is 5.11 Å². The molecule has 0 aliphatic rings. The number of unbranched alkanes of at least 4 members (excludes halogenated alkanes) is 1. The number of amides is 1. The van der Waals surface area contributed by atoms with Crippen LogP contribution in [0.4, 0.5) is 4.79 Å². The van der Waals surface area contributed by atoms with Crippen LogP contribution in [-0.2, 0) is 9.36 Å². The Labute approximate surface area is 170 Å². The first-order valence-corrected chi connectivity index (χ1v) is 14.6. The standard InChI is InChI=1S/C17H32NO4PS3/c1-7-9-10-18(12-16(19)20,17(21)24-11-8-2)13-23(22,25-14(3)4)26-15(5)6/h8,14-15H,2,7,9-13H2,1,3-6H3. The third-order valence-electron chi connectivity index (χ3n) is 3.27. The Morgan fingerprint density at radius 3 is 2.12 bits per heavy atom. The van der Waals surface area contributed by atoms with Crippen LogP contribution in [0.25, 0.3) is 0 Å². The fourth-order valence-electron chi connectivity index (χ4n) is 2.45. The van der Waals surface area contributed by atoms with Crippen molar-refractivity contribution in [2.75, 3.05) is 25.1 Å². The molecule has 0 aliphatic heterocycles. The highest BCUT2D eigenvalue weighted by atomic mass is 33.1. The fourth-order valence-corrected chi connectivity index (χ4v) is 15.1. The Balaban J connectivity index is 5.94. The molecule has 1 unspecified atom stereocenters. The summed E-state index contributed by atoms with van der Waals surface area (Å²) in [6, 6.07) is 0. The van der Waals surface area contributed by atoms with Crippen LogP contribution in [-0.4, -0.2) is 51.3 Å². The van der Waals surface area contributed by atoms with Crippen LogP contribution in [0.1, 0.15) is 47.5 Å². The first kappa shape index (κ1) is 26.1. The van der Waals surface area contributed by atoms with Crippen LogP contribution in [0, 0.1) is 0 Å². The molecule has 0 saturated heterocycles. The van der Waals surface area contributed by atoms with E-state index in [1.807, 2.05) is 34.6 Å². The molecule has 0 spiro atoms. The zero-order valence-electron chi connectivity index (χ0n) is 16.4. The Morgan fingerprint density at radius 1 is 1.19 bits per heavy atom. The molecule has 0 aromatic rings. The lowest BCUT2D eigenvalue weighted by Crippen LogP contribution is -2.57. The van der Waals surface area contributed by atoms with Crippen LogP contribution in [0.15, 0.2) is 12.7 Å². The molecule has 1 amide bonds. The van der Waals surface area contributed by atoms with Gasteiger partial charge in [-0.25, -0.2) is 9.28 Å². The minimum atomic E-state index is -2.88. The van der Waals surface area contributed by atoms with Gasteiger partial charge in [0.15, 0.2) is 6.29 Å². The van der Waals surface area contributed by atoms with Crippen LogP contribution in [0.3, 0.4) is 0 Å². The lowest BCUT2D eigenvalue weighted by atomic mass is 10.3. The number of hydrogen-bond donors (Lipinski definition) is 0. The second-order valence-electron chi connectivity index (χ2n) is 6.68. The molecular weight excluding hydrogens is 409 g/mol. The molecule has 0 rings (SSSR count). The Morgan fingerprint density at radius 2 is 1.73 bits per heavy atom. The van der Waals surface area contributed by atoms with Crippen molar-refractivity contribution in [2.45, 2.75) is 58.0 Å². The van der Waals surface area contributed by atoms with E-state index in [0.717, 1.165) is 18.2 Å². The van der Waals surface area contributed by atoms with E-state index in [1.165, 1.54) is 22.8 Å². The third kappa shape index (κ3) is 9.88. The number of quaternary nitrogens is 1. The molecule has 0 fully saturated rings. The van der Waals surface area contributed by atoms with E-state index < -0.39 is 18.1 Å². The van der Waals surface area contributed by atoms with E-state index in [2.05, 4.69) is 6.58 Å². The van der Waals surface area contributed by atoms with Gasteiger partial charge in [0.25, 0.3) is 0 Å². The Bertz CT molecular complexity index is 514. The molecule has 0 N–H and O–H groups in total. The monoisotopic (exact) mass is 441 g/mol. The molecule has 0 aliphatic carbocycles. The van der Waals surface area contributed by atoms with Gasteiger partial charge in [0.1, 0.15) is 6.54 Å². The molecule has 26 heavy (non-hydrogen) atoms. The summed E-state index contributed by atoms with van der Waals surface area (Å²) >= 11 is 3.77. The molecule has 1 atom stereocenters. The van der Waals surface area contributed by atoms with Gasteiger partial charge in [0, 0.05) is 16.3 Å². The van der Waals surface area contributed by atoms with E-state index >= 15 is 0 Å². The maximum atomic E-state index is 13.7. The Hall–Kier alpha value is 0.120. The van der Waals surface area contributed by atoms with Crippen molar-refractivity contribution in [3.8, 4) is 0 Å². The van der Waals surface area contributed by atoms with E-state index in [0.29, 0.717) is 18.7 Å².